The molecule has 3 heterocycles. The summed E-state index contributed by atoms with van der Waals surface area (Å²) in [5.41, 5.74) is 0.841. The van der Waals surface area contributed by atoms with Gasteiger partial charge in [0.2, 0.25) is 10.0 Å². The molecule has 1 aliphatic heterocycles. The number of nitrogens with zero attached hydrogens (tertiary/aromatic N) is 3. The molecule has 0 unspecified atom stereocenters. The van der Waals surface area contributed by atoms with Crippen LogP contribution in [0.25, 0.3) is 17.7 Å². The summed E-state index contributed by atoms with van der Waals surface area (Å²) < 4.78 is 37.0. The Morgan fingerprint density at radius 3 is 2.77 bits per heavy atom. The second-order valence-corrected chi connectivity index (χ2v) is 7.86. The highest BCUT2D eigenvalue weighted by Gasteiger charge is 2.33. The Kier molecular flexibility index (Phi) is 4.44. The molecule has 3 aromatic rings. The average molecular weight is 371 g/mol. The van der Waals surface area contributed by atoms with Gasteiger partial charge in [0.15, 0.2) is 11.6 Å². The largest absolute Gasteiger partial charge is 0.459 e. The van der Waals surface area contributed by atoms with E-state index < -0.39 is 10.0 Å². The number of furan rings is 1. The second-order valence-electron chi connectivity index (χ2n) is 6.04. The van der Waals surface area contributed by atoms with Gasteiger partial charge in [0.05, 0.1) is 6.26 Å². The molecule has 0 N–H and O–H groups in total. The molecule has 0 radical (unpaired) electrons. The fraction of sp³-hybridized carbons (Fsp3) is 0.222. The number of aromatic nitrogens is 2. The molecule has 1 saturated heterocycles. The van der Waals surface area contributed by atoms with Crippen LogP contribution in [0, 0.1) is 0 Å². The van der Waals surface area contributed by atoms with Crippen LogP contribution < -0.4 is 0 Å². The van der Waals surface area contributed by atoms with Crippen molar-refractivity contribution in [1.29, 1.82) is 0 Å². The normalized spacial score (nSPS) is 18.7. The van der Waals surface area contributed by atoms with Crippen molar-refractivity contribution in [2.24, 2.45) is 0 Å². The summed E-state index contributed by atoms with van der Waals surface area (Å²) in [6.45, 7) is 0.759. The lowest BCUT2D eigenvalue weighted by Crippen LogP contribution is -2.26. The first-order valence-corrected chi connectivity index (χ1v) is 9.73. The zero-order valence-electron chi connectivity index (χ0n) is 13.9. The van der Waals surface area contributed by atoms with Crippen LogP contribution >= 0.6 is 0 Å². The van der Waals surface area contributed by atoms with Crippen LogP contribution in [-0.4, -0.2) is 36.0 Å². The lowest BCUT2D eigenvalue weighted by Gasteiger charge is -2.12. The van der Waals surface area contributed by atoms with E-state index in [0.29, 0.717) is 37.0 Å². The molecule has 4 rings (SSSR count). The molecule has 26 heavy (non-hydrogen) atoms. The third-order valence-corrected chi connectivity index (χ3v) is 5.81. The van der Waals surface area contributed by atoms with Gasteiger partial charge in [-0.05, 0) is 30.2 Å². The van der Waals surface area contributed by atoms with E-state index in [9.17, 15) is 8.42 Å². The molecule has 8 heteroatoms. The Hall–Kier alpha value is -2.71. The zero-order chi connectivity index (χ0) is 18.0. The molecule has 134 valence electrons. The van der Waals surface area contributed by atoms with Crippen molar-refractivity contribution in [2.75, 3.05) is 13.1 Å². The zero-order valence-corrected chi connectivity index (χ0v) is 14.7. The van der Waals surface area contributed by atoms with Crippen LogP contribution in [0.4, 0.5) is 0 Å². The molecule has 7 nitrogen and oxygen atoms in total. The van der Waals surface area contributed by atoms with Gasteiger partial charge >= 0.3 is 0 Å². The lowest BCUT2D eigenvalue weighted by atomic mass is 10.1. The van der Waals surface area contributed by atoms with Crippen molar-refractivity contribution >= 4 is 16.1 Å². The molecule has 1 aliphatic rings. The first-order chi connectivity index (χ1) is 12.6. The number of benzene rings is 1. The van der Waals surface area contributed by atoms with Crippen molar-refractivity contribution in [3.05, 3.63) is 65.5 Å². The van der Waals surface area contributed by atoms with E-state index in [2.05, 4.69) is 10.1 Å². The molecule has 0 amide bonds. The standard InChI is InChI=1S/C18H17N3O4S/c22-26(23,12-9-14-5-2-1-3-6-14)21-10-8-15(13-21)17-19-18(25-20-17)16-7-4-11-24-16/h1-7,9,11-12,15H,8,10,13H2/b12-9+/t15-/m1/s1. The maximum atomic E-state index is 12.5. The maximum absolute atomic E-state index is 12.5. The Labute approximate surface area is 151 Å². The minimum Gasteiger partial charge on any atom is -0.459 e. The van der Waals surface area contributed by atoms with E-state index in [1.807, 2.05) is 30.3 Å². The number of rotatable bonds is 5. The van der Waals surface area contributed by atoms with Gasteiger partial charge in [0.1, 0.15) is 0 Å². The first kappa shape index (κ1) is 16.7. The van der Waals surface area contributed by atoms with E-state index in [1.54, 1.807) is 18.2 Å². The Balaban J connectivity index is 1.45. The fourth-order valence-electron chi connectivity index (χ4n) is 2.89. The molecule has 0 spiro atoms. The molecule has 1 atom stereocenters. The quantitative estimate of drug-likeness (QED) is 0.684. The predicted molar refractivity (Wildman–Crippen MR) is 95.3 cm³/mol. The Bertz CT molecular complexity index is 994. The molecule has 0 aliphatic carbocycles. The van der Waals surface area contributed by atoms with Gasteiger partial charge in [0.25, 0.3) is 5.89 Å². The van der Waals surface area contributed by atoms with Gasteiger partial charge in [-0.15, -0.1) is 0 Å². The van der Waals surface area contributed by atoms with E-state index in [1.165, 1.54) is 16.0 Å². The molecule has 1 aromatic carbocycles. The smallest absolute Gasteiger partial charge is 0.293 e. The highest BCUT2D eigenvalue weighted by molar-refractivity contribution is 7.92. The summed E-state index contributed by atoms with van der Waals surface area (Å²) in [5.74, 6) is 1.20. The predicted octanol–water partition coefficient (Wildman–Crippen LogP) is 3.12. The monoisotopic (exact) mass is 371 g/mol. The molecule has 0 saturated carbocycles. The minimum atomic E-state index is -3.49. The second kappa shape index (κ2) is 6.89. The molecular weight excluding hydrogens is 354 g/mol. The van der Waals surface area contributed by atoms with Gasteiger partial charge in [-0.3, -0.25) is 0 Å². The SMILES string of the molecule is O=S(=O)(/C=C/c1ccccc1)N1CC[C@@H](c2noc(-c3ccco3)n2)C1. The van der Waals surface area contributed by atoms with Gasteiger partial charge in [-0.2, -0.15) is 9.29 Å². The Morgan fingerprint density at radius 2 is 2.00 bits per heavy atom. The van der Waals surface area contributed by atoms with E-state index >= 15 is 0 Å². The Morgan fingerprint density at radius 1 is 1.15 bits per heavy atom. The first-order valence-electron chi connectivity index (χ1n) is 8.22. The summed E-state index contributed by atoms with van der Waals surface area (Å²) in [5, 5.41) is 5.22. The topological polar surface area (TPSA) is 89.4 Å². The van der Waals surface area contributed by atoms with Crippen LogP contribution in [0.5, 0.6) is 0 Å². The summed E-state index contributed by atoms with van der Waals surface area (Å²) in [6, 6.07) is 12.8. The van der Waals surface area contributed by atoms with Crippen molar-refractivity contribution in [3.63, 3.8) is 0 Å². The van der Waals surface area contributed by atoms with Gasteiger partial charge in [0, 0.05) is 24.4 Å². The van der Waals surface area contributed by atoms with Crippen molar-refractivity contribution in [1.82, 2.24) is 14.4 Å². The van der Waals surface area contributed by atoms with Crippen molar-refractivity contribution in [3.8, 4) is 11.7 Å². The van der Waals surface area contributed by atoms with Crippen LogP contribution in [0.3, 0.4) is 0 Å². The number of hydrogen-bond acceptors (Lipinski definition) is 6. The maximum Gasteiger partial charge on any atom is 0.293 e. The van der Waals surface area contributed by atoms with Gasteiger partial charge in [-0.25, -0.2) is 8.42 Å². The summed E-state index contributed by atoms with van der Waals surface area (Å²) in [6.07, 6.45) is 3.78. The van der Waals surface area contributed by atoms with Crippen LogP contribution in [-0.2, 0) is 10.0 Å². The summed E-state index contributed by atoms with van der Waals surface area (Å²) in [4.78, 5) is 4.33. The number of sulfonamides is 1. The van der Waals surface area contributed by atoms with Crippen molar-refractivity contribution in [2.45, 2.75) is 12.3 Å². The van der Waals surface area contributed by atoms with Crippen LogP contribution in [0.15, 0.2) is 63.1 Å². The van der Waals surface area contributed by atoms with Crippen molar-refractivity contribution < 1.29 is 17.4 Å². The van der Waals surface area contributed by atoms with Gasteiger partial charge < -0.3 is 8.94 Å². The summed E-state index contributed by atoms with van der Waals surface area (Å²) >= 11 is 0. The molecular formula is C18H17N3O4S. The van der Waals surface area contributed by atoms with Crippen LogP contribution in [0.2, 0.25) is 0 Å². The van der Waals surface area contributed by atoms with Gasteiger partial charge in [-0.1, -0.05) is 35.5 Å². The minimum absolute atomic E-state index is 0.0950. The lowest BCUT2D eigenvalue weighted by molar-refractivity contribution is 0.403. The highest BCUT2D eigenvalue weighted by atomic mass is 32.2. The third kappa shape index (κ3) is 3.47. The number of hydrogen-bond donors (Lipinski definition) is 0. The van der Waals surface area contributed by atoms with Crippen LogP contribution in [0.1, 0.15) is 23.7 Å². The average Bonchev–Trinajstić information content (AvgIpc) is 3.41. The fourth-order valence-corrected chi connectivity index (χ4v) is 4.13. The van der Waals surface area contributed by atoms with E-state index in [4.69, 9.17) is 8.94 Å². The molecule has 2 aromatic heterocycles. The van der Waals surface area contributed by atoms with E-state index in [-0.39, 0.29) is 5.92 Å². The molecule has 1 fully saturated rings. The molecule has 0 bridgehead atoms. The van der Waals surface area contributed by atoms with E-state index in [0.717, 1.165) is 5.56 Å². The third-order valence-electron chi connectivity index (χ3n) is 4.28. The highest BCUT2D eigenvalue weighted by Crippen LogP contribution is 2.29. The summed E-state index contributed by atoms with van der Waals surface area (Å²) in [7, 11) is -3.49.